The summed E-state index contributed by atoms with van der Waals surface area (Å²) < 4.78 is 19.7. The zero-order valence-corrected chi connectivity index (χ0v) is 17.2. The number of aliphatic hydroxyl groups excluding tert-OH is 2. The SMILES string of the molecule is O=C(O)CC/C=C/CCC1C(O)CC(O)C1CCC(F)COc1cccc(Cl)c1. The Labute approximate surface area is 176 Å². The Morgan fingerprint density at radius 2 is 1.90 bits per heavy atom. The lowest BCUT2D eigenvalue weighted by atomic mass is 9.85. The Kier molecular flexibility index (Phi) is 9.91. The van der Waals surface area contributed by atoms with Crippen LogP contribution in [0.15, 0.2) is 36.4 Å². The third-order valence-electron chi connectivity index (χ3n) is 5.42. The number of carboxylic acid groups (broad SMARTS) is 1. The van der Waals surface area contributed by atoms with Gasteiger partial charge in [-0.2, -0.15) is 0 Å². The van der Waals surface area contributed by atoms with E-state index in [1.54, 1.807) is 24.3 Å². The third kappa shape index (κ3) is 8.33. The van der Waals surface area contributed by atoms with E-state index >= 15 is 0 Å². The van der Waals surface area contributed by atoms with Gasteiger partial charge in [0, 0.05) is 11.4 Å². The molecule has 3 N–H and O–H groups in total. The van der Waals surface area contributed by atoms with E-state index in [-0.39, 0.29) is 31.3 Å². The molecule has 5 unspecified atom stereocenters. The summed E-state index contributed by atoms with van der Waals surface area (Å²) in [5.41, 5.74) is 0. The highest BCUT2D eigenvalue weighted by Crippen LogP contribution is 2.39. The van der Waals surface area contributed by atoms with Crippen molar-refractivity contribution in [1.29, 1.82) is 0 Å². The van der Waals surface area contributed by atoms with Crippen molar-refractivity contribution >= 4 is 17.6 Å². The number of carboxylic acids is 1. The van der Waals surface area contributed by atoms with Gasteiger partial charge in [-0.1, -0.05) is 29.8 Å². The monoisotopic (exact) mass is 428 g/mol. The molecule has 5 nitrogen and oxygen atoms in total. The topological polar surface area (TPSA) is 87.0 Å². The van der Waals surface area contributed by atoms with E-state index in [1.807, 2.05) is 12.2 Å². The quantitative estimate of drug-likeness (QED) is 0.429. The molecular weight excluding hydrogens is 399 g/mol. The fraction of sp³-hybridized carbons (Fsp3) is 0.591. The molecule has 0 spiro atoms. The minimum atomic E-state index is -1.17. The van der Waals surface area contributed by atoms with Crippen LogP contribution in [-0.2, 0) is 4.79 Å². The van der Waals surface area contributed by atoms with Crippen LogP contribution in [0.25, 0.3) is 0 Å². The standard InChI is InChI=1S/C22H30ClFO5/c23-15-6-5-7-17(12-15)29-14-16(24)10-11-19-18(20(25)13-21(19)26)8-3-1-2-4-9-22(27)28/h1-2,5-7,12,16,18-21,25-26H,3-4,8-11,13-14H2,(H,27,28)/b2-1+. The number of rotatable bonds is 12. The van der Waals surface area contributed by atoms with Gasteiger partial charge < -0.3 is 20.1 Å². The van der Waals surface area contributed by atoms with Gasteiger partial charge in [0.05, 0.1) is 12.2 Å². The lowest BCUT2D eigenvalue weighted by Gasteiger charge is -2.24. The number of halogens is 2. The molecule has 29 heavy (non-hydrogen) atoms. The van der Waals surface area contributed by atoms with E-state index in [9.17, 15) is 19.4 Å². The number of allylic oxidation sites excluding steroid dienone is 2. The van der Waals surface area contributed by atoms with Crippen molar-refractivity contribution in [3.63, 3.8) is 0 Å². The van der Waals surface area contributed by atoms with Gasteiger partial charge in [0.15, 0.2) is 0 Å². The molecule has 0 aromatic heterocycles. The van der Waals surface area contributed by atoms with Crippen LogP contribution < -0.4 is 4.74 Å². The number of aliphatic hydroxyl groups is 2. The predicted octanol–water partition coefficient (Wildman–Crippen LogP) is 4.40. The maximum Gasteiger partial charge on any atom is 0.303 e. The Hall–Kier alpha value is -1.63. The second-order valence-electron chi connectivity index (χ2n) is 7.62. The molecule has 2 rings (SSSR count). The normalized spacial score (nSPS) is 25.4. The molecular formula is C22H30ClFO5. The third-order valence-corrected chi connectivity index (χ3v) is 5.65. The van der Waals surface area contributed by atoms with Gasteiger partial charge in [-0.05, 0) is 68.6 Å². The van der Waals surface area contributed by atoms with Gasteiger partial charge in [0.1, 0.15) is 18.5 Å². The first-order chi connectivity index (χ1) is 13.9. The van der Waals surface area contributed by atoms with E-state index in [0.29, 0.717) is 42.9 Å². The average molecular weight is 429 g/mol. The first-order valence-corrected chi connectivity index (χ1v) is 10.5. The molecule has 0 radical (unpaired) electrons. The molecule has 0 bridgehead atoms. The van der Waals surface area contributed by atoms with Crippen molar-refractivity contribution in [3.8, 4) is 5.75 Å². The first kappa shape index (κ1) is 23.6. The first-order valence-electron chi connectivity index (χ1n) is 10.1. The average Bonchev–Trinajstić information content (AvgIpc) is 2.93. The molecule has 1 aliphatic rings. The number of hydrogen-bond acceptors (Lipinski definition) is 4. The predicted molar refractivity (Wildman–Crippen MR) is 110 cm³/mol. The summed E-state index contributed by atoms with van der Waals surface area (Å²) in [7, 11) is 0. The largest absolute Gasteiger partial charge is 0.491 e. The van der Waals surface area contributed by atoms with E-state index in [2.05, 4.69) is 0 Å². The van der Waals surface area contributed by atoms with Gasteiger partial charge in [-0.3, -0.25) is 4.79 Å². The lowest BCUT2D eigenvalue weighted by molar-refractivity contribution is -0.136. The highest BCUT2D eigenvalue weighted by Gasteiger charge is 2.40. The molecule has 1 saturated carbocycles. The molecule has 162 valence electrons. The Morgan fingerprint density at radius 3 is 2.59 bits per heavy atom. The molecule has 0 aliphatic heterocycles. The Morgan fingerprint density at radius 1 is 1.21 bits per heavy atom. The highest BCUT2D eigenvalue weighted by atomic mass is 35.5. The van der Waals surface area contributed by atoms with Crippen LogP contribution in [0.1, 0.15) is 44.9 Å². The van der Waals surface area contributed by atoms with Crippen LogP contribution in [0.5, 0.6) is 5.75 Å². The van der Waals surface area contributed by atoms with Crippen LogP contribution in [0, 0.1) is 11.8 Å². The molecule has 0 heterocycles. The number of benzene rings is 1. The van der Waals surface area contributed by atoms with Crippen molar-refractivity contribution in [2.24, 2.45) is 11.8 Å². The van der Waals surface area contributed by atoms with E-state index in [1.165, 1.54) is 0 Å². The molecule has 1 fully saturated rings. The summed E-state index contributed by atoms with van der Waals surface area (Å²) >= 11 is 5.88. The summed E-state index contributed by atoms with van der Waals surface area (Å²) in [6, 6.07) is 6.80. The molecule has 0 amide bonds. The van der Waals surface area contributed by atoms with Gasteiger partial charge in [0.2, 0.25) is 0 Å². The summed E-state index contributed by atoms with van der Waals surface area (Å²) in [4.78, 5) is 10.5. The molecule has 1 aromatic carbocycles. The summed E-state index contributed by atoms with van der Waals surface area (Å²) in [6.07, 6.45) is 4.33. The van der Waals surface area contributed by atoms with Crippen molar-refractivity contribution in [2.45, 2.75) is 63.3 Å². The Bertz CT molecular complexity index is 668. The van der Waals surface area contributed by atoms with Crippen molar-refractivity contribution in [3.05, 3.63) is 41.4 Å². The van der Waals surface area contributed by atoms with Gasteiger partial charge in [0.25, 0.3) is 0 Å². The zero-order valence-electron chi connectivity index (χ0n) is 16.4. The van der Waals surface area contributed by atoms with Crippen LogP contribution in [0.3, 0.4) is 0 Å². The highest BCUT2D eigenvalue weighted by molar-refractivity contribution is 6.30. The van der Waals surface area contributed by atoms with Crippen LogP contribution in [0.2, 0.25) is 5.02 Å². The second kappa shape index (κ2) is 12.2. The molecule has 5 atom stereocenters. The number of alkyl halides is 1. The fourth-order valence-electron chi connectivity index (χ4n) is 3.91. The number of carbonyl (C=O) groups is 1. The molecule has 0 saturated heterocycles. The maximum atomic E-state index is 14.3. The zero-order chi connectivity index (χ0) is 21.2. The second-order valence-corrected chi connectivity index (χ2v) is 8.06. The van der Waals surface area contributed by atoms with Crippen LogP contribution in [0.4, 0.5) is 4.39 Å². The molecule has 1 aliphatic carbocycles. The van der Waals surface area contributed by atoms with E-state index in [0.717, 1.165) is 0 Å². The van der Waals surface area contributed by atoms with E-state index in [4.69, 9.17) is 21.4 Å². The minimum absolute atomic E-state index is 0.0807. The van der Waals surface area contributed by atoms with Gasteiger partial charge in [-0.15, -0.1) is 0 Å². The van der Waals surface area contributed by atoms with E-state index < -0.39 is 24.3 Å². The number of ether oxygens (including phenoxy) is 1. The Balaban J connectivity index is 1.75. The van der Waals surface area contributed by atoms with Crippen molar-refractivity contribution < 1.29 is 29.2 Å². The van der Waals surface area contributed by atoms with Crippen molar-refractivity contribution in [1.82, 2.24) is 0 Å². The number of hydrogen-bond donors (Lipinski definition) is 3. The summed E-state index contributed by atoms with van der Waals surface area (Å²) in [5, 5.41) is 29.7. The van der Waals surface area contributed by atoms with Crippen molar-refractivity contribution in [2.75, 3.05) is 6.61 Å². The van der Waals surface area contributed by atoms with Gasteiger partial charge in [-0.25, -0.2) is 4.39 Å². The molecule has 7 heteroatoms. The molecule has 1 aromatic rings. The minimum Gasteiger partial charge on any atom is -0.491 e. The smallest absolute Gasteiger partial charge is 0.303 e. The summed E-state index contributed by atoms with van der Waals surface area (Å²) in [5.74, 6) is -0.551. The van der Waals surface area contributed by atoms with Crippen LogP contribution in [-0.4, -0.2) is 46.3 Å². The lowest BCUT2D eigenvalue weighted by Crippen LogP contribution is -2.24. The fourth-order valence-corrected chi connectivity index (χ4v) is 4.09. The number of aliphatic carboxylic acids is 1. The van der Waals surface area contributed by atoms with Crippen LogP contribution >= 0.6 is 11.6 Å². The van der Waals surface area contributed by atoms with Gasteiger partial charge >= 0.3 is 5.97 Å². The maximum absolute atomic E-state index is 14.3. The summed E-state index contributed by atoms with van der Waals surface area (Å²) in [6.45, 7) is -0.0807.